The smallest absolute Gasteiger partial charge is 0.272 e. The number of amides is 1. The number of carbonyl (C=O) groups excluding carboxylic acids is 1. The average molecular weight is 276 g/mol. The number of nitrogen functional groups attached to an aromatic ring is 1. The van der Waals surface area contributed by atoms with Crippen LogP contribution in [0.4, 0.5) is 11.4 Å². The van der Waals surface area contributed by atoms with E-state index in [0.717, 1.165) is 10.9 Å². The number of nitrogens with zero attached hydrogens (tertiary/aromatic N) is 1. The van der Waals surface area contributed by atoms with E-state index in [4.69, 9.17) is 11.0 Å². The predicted molar refractivity (Wildman–Crippen MR) is 81.8 cm³/mol. The highest BCUT2D eigenvalue weighted by Gasteiger charge is 2.12. The number of carbonyl (C=O) groups is 1. The zero-order valence-corrected chi connectivity index (χ0v) is 11.1. The minimum absolute atomic E-state index is 0.312. The van der Waals surface area contributed by atoms with E-state index < -0.39 is 0 Å². The van der Waals surface area contributed by atoms with Gasteiger partial charge in [-0.15, -0.1) is 0 Å². The van der Waals surface area contributed by atoms with Gasteiger partial charge in [0.15, 0.2) is 0 Å². The lowest BCUT2D eigenvalue weighted by Gasteiger charge is -2.05. The fourth-order valence-corrected chi connectivity index (χ4v) is 2.18. The molecule has 3 rings (SSSR count). The van der Waals surface area contributed by atoms with Crippen LogP contribution in [0.3, 0.4) is 0 Å². The number of rotatable bonds is 2. The first-order valence-corrected chi connectivity index (χ1v) is 6.37. The number of hydrogen-bond donors (Lipinski definition) is 3. The van der Waals surface area contributed by atoms with Crippen molar-refractivity contribution >= 4 is 28.2 Å². The van der Waals surface area contributed by atoms with Gasteiger partial charge in [-0.1, -0.05) is 24.3 Å². The van der Waals surface area contributed by atoms with Gasteiger partial charge in [0.05, 0.1) is 22.5 Å². The second-order valence-electron chi connectivity index (χ2n) is 4.61. The molecule has 0 spiro atoms. The Labute approximate surface area is 121 Å². The van der Waals surface area contributed by atoms with Crippen LogP contribution < -0.4 is 11.1 Å². The first-order chi connectivity index (χ1) is 10.2. The highest BCUT2D eigenvalue weighted by Crippen LogP contribution is 2.22. The molecule has 0 unspecified atom stereocenters. The van der Waals surface area contributed by atoms with E-state index in [0.29, 0.717) is 22.6 Å². The van der Waals surface area contributed by atoms with E-state index in [1.165, 1.54) is 0 Å². The van der Waals surface area contributed by atoms with Crippen molar-refractivity contribution in [1.29, 1.82) is 5.26 Å². The van der Waals surface area contributed by atoms with Crippen molar-refractivity contribution in [1.82, 2.24) is 4.98 Å². The Kier molecular flexibility index (Phi) is 3.05. The van der Waals surface area contributed by atoms with Gasteiger partial charge in [-0.2, -0.15) is 5.26 Å². The summed E-state index contributed by atoms with van der Waals surface area (Å²) < 4.78 is 0. The maximum absolute atomic E-state index is 12.3. The minimum atomic E-state index is -0.312. The normalized spacial score (nSPS) is 10.2. The molecule has 5 heteroatoms. The lowest BCUT2D eigenvalue weighted by molar-refractivity contribution is 0.102. The van der Waals surface area contributed by atoms with Crippen molar-refractivity contribution in [2.24, 2.45) is 0 Å². The summed E-state index contributed by atoms with van der Waals surface area (Å²) >= 11 is 0. The van der Waals surface area contributed by atoms with Gasteiger partial charge in [-0.3, -0.25) is 4.79 Å². The molecule has 0 atom stereocenters. The molecule has 102 valence electrons. The molecule has 2 aromatic carbocycles. The largest absolute Gasteiger partial charge is 0.397 e. The molecule has 5 nitrogen and oxygen atoms in total. The summed E-state index contributed by atoms with van der Waals surface area (Å²) in [5.74, 6) is -0.312. The van der Waals surface area contributed by atoms with Crippen molar-refractivity contribution < 1.29 is 4.79 Å². The third-order valence-corrected chi connectivity index (χ3v) is 3.23. The number of anilines is 2. The number of hydrogen-bond acceptors (Lipinski definition) is 3. The van der Waals surface area contributed by atoms with E-state index in [1.54, 1.807) is 36.4 Å². The van der Waals surface area contributed by atoms with E-state index in [9.17, 15) is 4.79 Å². The first kappa shape index (κ1) is 12.8. The van der Waals surface area contributed by atoms with Crippen LogP contribution in [0.5, 0.6) is 0 Å². The highest BCUT2D eigenvalue weighted by molar-refractivity contribution is 6.07. The van der Waals surface area contributed by atoms with Crippen LogP contribution in [0.25, 0.3) is 10.9 Å². The van der Waals surface area contributed by atoms with E-state index >= 15 is 0 Å². The summed E-state index contributed by atoms with van der Waals surface area (Å²) in [6, 6.07) is 16.1. The number of benzene rings is 2. The summed E-state index contributed by atoms with van der Waals surface area (Å²) in [5, 5.41) is 12.6. The van der Waals surface area contributed by atoms with Gasteiger partial charge < -0.3 is 16.0 Å². The molecule has 0 radical (unpaired) electrons. The Bertz CT molecular complexity index is 873. The van der Waals surface area contributed by atoms with Crippen molar-refractivity contribution in [3.8, 4) is 6.07 Å². The quantitative estimate of drug-likeness (QED) is 0.628. The summed E-state index contributed by atoms with van der Waals surface area (Å²) in [6.45, 7) is 0. The van der Waals surface area contributed by atoms with Gasteiger partial charge >= 0.3 is 0 Å². The van der Waals surface area contributed by atoms with Crippen LogP contribution in [0.1, 0.15) is 16.1 Å². The van der Waals surface area contributed by atoms with Crippen LogP contribution in [0, 0.1) is 11.3 Å². The van der Waals surface area contributed by atoms with Gasteiger partial charge in [0.1, 0.15) is 11.8 Å². The number of nitrogens with two attached hydrogens (primary N) is 1. The summed E-state index contributed by atoms with van der Waals surface area (Å²) in [4.78, 5) is 15.3. The third kappa shape index (κ3) is 2.30. The molecule has 0 saturated carbocycles. The number of fused-ring (bicyclic) bond motifs is 1. The molecule has 0 fully saturated rings. The van der Waals surface area contributed by atoms with Crippen molar-refractivity contribution in [3.63, 3.8) is 0 Å². The minimum Gasteiger partial charge on any atom is -0.397 e. The molecular weight excluding hydrogens is 264 g/mol. The Morgan fingerprint density at radius 1 is 1.19 bits per heavy atom. The fourth-order valence-electron chi connectivity index (χ4n) is 2.18. The maximum atomic E-state index is 12.3. The number of aromatic nitrogens is 1. The Balaban J connectivity index is 1.94. The monoisotopic (exact) mass is 276 g/mol. The molecule has 4 N–H and O–H groups in total. The van der Waals surface area contributed by atoms with Gasteiger partial charge in [-0.05, 0) is 24.3 Å². The molecule has 0 bridgehead atoms. The van der Waals surface area contributed by atoms with Crippen LogP contribution in [0.15, 0.2) is 48.5 Å². The number of nitriles is 1. The summed E-state index contributed by atoms with van der Waals surface area (Å²) in [6.07, 6.45) is 0. The molecule has 3 aromatic rings. The molecular formula is C16H12N4O. The summed E-state index contributed by atoms with van der Waals surface area (Å²) in [7, 11) is 0. The third-order valence-electron chi connectivity index (χ3n) is 3.23. The molecule has 21 heavy (non-hydrogen) atoms. The number of H-pyrrole nitrogens is 1. The van der Waals surface area contributed by atoms with Crippen molar-refractivity contribution in [2.75, 3.05) is 11.1 Å². The maximum Gasteiger partial charge on any atom is 0.272 e. The Morgan fingerprint density at radius 2 is 2.00 bits per heavy atom. The molecule has 0 aliphatic carbocycles. The van der Waals surface area contributed by atoms with Crippen LogP contribution in [-0.4, -0.2) is 10.9 Å². The van der Waals surface area contributed by atoms with Crippen LogP contribution in [-0.2, 0) is 0 Å². The van der Waals surface area contributed by atoms with Gasteiger partial charge in [0.2, 0.25) is 0 Å². The molecule has 1 heterocycles. The molecule has 1 amide bonds. The molecule has 1 aromatic heterocycles. The van der Waals surface area contributed by atoms with Crippen LogP contribution in [0.2, 0.25) is 0 Å². The van der Waals surface area contributed by atoms with Crippen molar-refractivity contribution in [3.05, 3.63) is 59.8 Å². The lowest BCUT2D eigenvalue weighted by atomic mass is 10.2. The Morgan fingerprint density at radius 3 is 2.76 bits per heavy atom. The average Bonchev–Trinajstić information content (AvgIpc) is 2.93. The van der Waals surface area contributed by atoms with Crippen molar-refractivity contribution in [2.45, 2.75) is 0 Å². The zero-order valence-electron chi connectivity index (χ0n) is 11.1. The van der Waals surface area contributed by atoms with E-state index in [1.807, 2.05) is 18.2 Å². The predicted octanol–water partition coefficient (Wildman–Crippen LogP) is 2.87. The molecule has 0 saturated heterocycles. The van der Waals surface area contributed by atoms with Gasteiger partial charge in [0.25, 0.3) is 5.91 Å². The number of para-hydroxylation sites is 2. The number of aromatic amines is 1. The lowest BCUT2D eigenvalue weighted by Crippen LogP contribution is -2.13. The molecule has 0 aliphatic heterocycles. The van der Waals surface area contributed by atoms with Gasteiger partial charge in [0, 0.05) is 5.39 Å². The molecule has 0 aliphatic rings. The topological polar surface area (TPSA) is 94.7 Å². The van der Waals surface area contributed by atoms with E-state index in [2.05, 4.69) is 10.3 Å². The highest BCUT2D eigenvalue weighted by atomic mass is 16.1. The standard InChI is InChI=1S/C16H12N4O/c17-9-11-4-1-2-7-13(11)20-16(21)14-8-10-5-3-6-12(18)15(10)19-14/h1-8,19H,18H2,(H,20,21). The van der Waals surface area contributed by atoms with Crippen LogP contribution >= 0.6 is 0 Å². The SMILES string of the molecule is N#Cc1ccccc1NC(=O)c1cc2cccc(N)c2[nH]1. The number of nitrogens with one attached hydrogen (secondary N) is 2. The summed E-state index contributed by atoms with van der Waals surface area (Å²) in [5.41, 5.74) is 8.48. The Hall–Kier alpha value is -3.26. The zero-order chi connectivity index (χ0) is 14.8. The van der Waals surface area contributed by atoms with Gasteiger partial charge in [-0.25, -0.2) is 0 Å². The van der Waals surface area contributed by atoms with E-state index in [-0.39, 0.29) is 5.91 Å². The fraction of sp³-hybridized carbons (Fsp3) is 0. The first-order valence-electron chi connectivity index (χ1n) is 6.37. The second kappa shape index (κ2) is 5.02. The second-order valence-corrected chi connectivity index (χ2v) is 4.61.